The fourth-order valence-corrected chi connectivity index (χ4v) is 3.30. The van der Waals surface area contributed by atoms with E-state index in [4.69, 9.17) is 0 Å². The Balaban J connectivity index is 1.62. The first kappa shape index (κ1) is 22.3. The Morgan fingerprint density at radius 2 is 1.68 bits per heavy atom. The molecule has 0 fully saturated rings. The first-order valence-corrected chi connectivity index (χ1v) is 10.4. The molecule has 8 nitrogen and oxygen atoms in total. The van der Waals surface area contributed by atoms with Crippen LogP contribution >= 0.6 is 0 Å². The van der Waals surface area contributed by atoms with E-state index < -0.39 is 5.56 Å². The molecule has 0 aliphatic carbocycles. The van der Waals surface area contributed by atoms with Crippen molar-refractivity contribution in [2.75, 3.05) is 0 Å². The number of aliphatic imine (C=N–C) groups is 1. The predicted octanol–water partition coefficient (Wildman–Crippen LogP) is 5.34. The molecule has 2 aromatic heterocycles. The van der Waals surface area contributed by atoms with E-state index in [1.165, 1.54) is 6.21 Å². The number of hydrogen-bond acceptors (Lipinski definition) is 7. The van der Waals surface area contributed by atoms with Crippen LogP contribution in [0.25, 0.3) is 0 Å². The van der Waals surface area contributed by atoms with Crippen molar-refractivity contribution >= 4 is 23.3 Å². The molecule has 0 aliphatic rings. The molecule has 0 saturated carbocycles. The number of azo groups is 1. The molecule has 8 heteroatoms. The summed E-state index contributed by atoms with van der Waals surface area (Å²) in [6.07, 6.45) is 4.67. The van der Waals surface area contributed by atoms with Crippen LogP contribution < -0.4 is 5.56 Å². The number of benzene rings is 2. The van der Waals surface area contributed by atoms with Crippen molar-refractivity contribution in [3.05, 3.63) is 112 Å². The maximum absolute atomic E-state index is 12.8. The van der Waals surface area contributed by atoms with E-state index in [0.717, 1.165) is 15.8 Å². The first-order valence-electron chi connectivity index (χ1n) is 10.4. The molecule has 1 N–H and O–H groups in total. The second-order valence-electron chi connectivity index (χ2n) is 7.41. The Morgan fingerprint density at radius 1 is 1.00 bits per heavy atom. The highest BCUT2D eigenvalue weighted by atomic mass is 16.3. The van der Waals surface area contributed by atoms with Gasteiger partial charge in [0, 0.05) is 18.6 Å². The molecule has 0 saturated heterocycles. The summed E-state index contributed by atoms with van der Waals surface area (Å²) in [4.78, 5) is 21.2. The Kier molecular flexibility index (Phi) is 6.65. The number of rotatable bonds is 6. The molecule has 2 heterocycles. The predicted molar refractivity (Wildman–Crippen MR) is 129 cm³/mol. The molecule has 0 spiro atoms. The van der Waals surface area contributed by atoms with Gasteiger partial charge in [0.25, 0.3) is 5.56 Å². The molecule has 0 atom stereocenters. The molecule has 4 aromatic rings. The zero-order valence-electron chi connectivity index (χ0n) is 18.3. The van der Waals surface area contributed by atoms with Crippen LogP contribution in [0.1, 0.15) is 22.3 Å². The Labute approximate surface area is 195 Å². The summed E-state index contributed by atoms with van der Waals surface area (Å²) < 4.78 is 1.15. The van der Waals surface area contributed by atoms with Crippen LogP contribution in [-0.2, 0) is 6.54 Å². The minimum absolute atomic E-state index is 0.0418. The maximum atomic E-state index is 12.8. The van der Waals surface area contributed by atoms with E-state index in [9.17, 15) is 15.2 Å². The zero-order valence-corrected chi connectivity index (χ0v) is 18.3. The summed E-state index contributed by atoms with van der Waals surface area (Å²) in [7, 11) is 0. The number of pyridine rings is 2. The van der Waals surface area contributed by atoms with Gasteiger partial charge in [0.1, 0.15) is 11.6 Å². The van der Waals surface area contributed by atoms with Crippen molar-refractivity contribution in [3.8, 4) is 11.9 Å². The summed E-state index contributed by atoms with van der Waals surface area (Å²) in [5.74, 6) is -0.262. The molecule has 0 unspecified atom stereocenters. The third-order valence-corrected chi connectivity index (χ3v) is 5.14. The van der Waals surface area contributed by atoms with Gasteiger partial charge in [0.2, 0.25) is 5.88 Å². The van der Waals surface area contributed by atoms with Gasteiger partial charge in [-0.25, -0.2) is 0 Å². The lowest BCUT2D eigenvalue weighted by molar-refractivity contribution is 0.413. The van der Waals surface area contributed by atoms with Crippen molar-refractivity contribution in [2.45, 2.75) is 13.5 Å². The summed E-state index contributed by atoms with van der Waals surface area (Å²) in [5.41, 5.74) is 2.81. The van der Waals surface area contributed by atoms with E-state index in [-0.39, 0.29) is 18.0 Å². The van der Waals surface area contributed by atoms with Gasteiger partial charge in [-0.1, -0.05) is 24.3 Å². The number of nitrogens with zero attached hydrogens (tertiary/aromatic N) is 6. The summed E-state index contributed by atoms with van der Waals surface area (Å²) in [6, 6.07) is 22.0. The summed E-state index contributed by atoms with van der Waals surface area (Å²) in [5, 5.41) is 28.8. The van der Waals surface area contributed by atoms with Gasteiger partial charge in [0.05, 0.1) is 29.2 Å². The monoisotopic (exact) mass is 448 g/mol. The van der Waals surface area contributed by atoms with Crippen LogP contribution in [0.4, 0.5) is 17.1 Å². The highest BCUT2D eigenvalue weighted by Crippen LogP contribution is 2.24. The largest absolute Gasteiger partial charge is 0.494 e. The van der Waals surface area contributed by atoms with Crippen LogP contribution in [0, 0.1) is 18.3 Å². The van der Waals surface area contributed by atoms with Gasteiger partial charge in [-0.15, -0.1) is 0 Å². The van der Waals surface area contributed by atoms with Gasteiger partial charge in [-0.3, -0.25) is 19.3 Å². The number of aromatic hydroxyl groups is 1. The van der Waals surface area contributed by atoms with Crippen LogP contribution in [-0.4, -0.2) is 20.9 Å². The lowest BCUT2D eigenvalue weighted by atomic mass is 10.1. The Morgan fingerprint density at radius 3 is 2.32 bits per heavy atom. The third-order valence-electron chi connectivity index (χ3n) is 5.14. The lowest BCUT2D eigenvalue weighted by Gasteiger charge is -2.14. The van der Waals surface area contributed by atoms with Gasteiger partial charge < -0.3 is 5.11 Å². The van der Waals surface area contributed by atoms with Crippen LogP contribution in [0.5, 0.6) is 5.88 Å². The SMILES string of the molecule is Cc1c(C=Nc2ccc(N=Nc3ccccc3)cc2)c(O)n(Cc2cccnc2)c(=O)c1C#N. The number of nitriles is 1. The molecule has 166 valence electrons. The number of aromatic nitrogens is 2. The molecular weight excluding hydrogens is 428 g/mol. The van der Waals surface area contributed by atoms with Crippen molar-refractivity contribution < 1.29 is 5.11 Å². The average molecular weight is 448 g/mol. The maximum Gasteiger partial charge on any atom is 0.271 e. The van der Waals surface area contributed by atoms with Gasteiger partial charge in [-0.05, 0) is 60.5 Å². The molecule has 0 aliphatic heterocycles. The molecule has 4 rings (SSSR count). The lowest BCUT2D eigenvalue weighted by Crippen LogP contribution is -2.26. The van der Waals surface area contributed by atoms with Gasteiger partial charge in [0.15, 0.2) is 0 Å². The van der Waals surface area contributed by atoms with E-state index >= 15 is 0 Å². The van der Waals surface area contributed by atoms with E-state index in [0.29, 0.717) is 22.5 Å². The van der Waals surface area contributed by atoms with E-state index in [1.807, 2.05) is 36.4 Å². The second kappa shape index (κ2) is 10.1. The van der Waals surface area contributed by atoms with Crippen LogP contribution in [0.2, 0.25) is 0 Å². The molecule has 0 radical (unpaired) electrons. The average Bonchev–Trinajstić information content (AvgIpc) is 2.87. The van der Waals surface area contributed by atoms with Gasteiger partial charge in [-0.2, -0.15) is 15.5 Å². The molecule has 0 amide bonds. The van der Waals surface area contributed by atoms with Crippen LogP contribution in [0.3, 0.4) is 0 Å². The standard InChI is InChI=1S/C26H20N6O2/c1-18-23(14-27)25(33)32(17-19-6-5-13-28-15-19)26(34)24(18)16-29-20-9-11-22(12-10-20)31-30-21-7-3-2-4-8-21/h2-13,15-16,34H,17H2,1H3. The van der Waals surface area contributed by atoms with Gasteiger partial charge >= 0.3 is 0 Å². The molecule has 34 heavy (non-hydrogen) atoms. The summed E-state index contributed by atoms with van der Waals surface area (Å²) >= 11 is 0. The Hall–Kier alpha value is -4.90. The van der Waals surface area contributed by atoms with E-state index in [2.05, 4.69) is 20.2 Å². The highest BCUT2D eigenvalue weighted by Gasteiger charge is 2.18. The fraction of sp³-hybridized carbons (Fsp3) is 0.0769. The minimum Gasteiger partial charge on any atom is -0.494 e. The molecular formula is C26H20N6O2. The minimum atomic E-state index is -0.563. The third kappa shape index (κ3) is 4.95. The molecule has 0 bridgehead atoms. The molecule has 2 aromatic carbocycles. The van der Waals surface area contributed by atoms with Crippen molar-refractivity contribution in [3.63, 3.8) is 0 Å². The zero-order chi connectivity index (χ0) is 23.9. The first-order chi connectivity index (χ1) is 16.6. The van der Waals surface area contributed by atoms with E-state index in [1.54, 1.807) is 55.7 Å². The van der Waals surface area contributed by atoms with Crippen molar-refractivity contribution in [1.29, 1.82) is 5.26 Å². The normalized spacial score (nSPS) is 11.2. The fourth-order valence-electron chi connectivity index (χ4n) is 3.30. The topological polar surface area (TPSA) is 116 Å². The summed E-state index contributed by atoms with van der Waals surface area (Å²) in [6.45, 7) is 1.69. The second-order valence-corrected chi connectivity index (χ2v) is 7.41. The Bertz CT molecular complexity index is 1450. The quantitative estimate of drug-likeness (QED) is 0.316. The smallest absolute Gasteiger partial charge is 0.271 e. The van der Waals surface area contributed by atoms with Crippen molar-refractivity contribution in [1.82, 2.24) is 9.55 Å². The highest BCUT2D eigenvalue weighted by molar-refractivity contribution is 5.87. The number of hydrogen-bond donors (Lipinski definition) is 1. The van der Waals surface area contributed by atoms with Crippen molar-refractivity contribution in [2.24, 2.45) is 15.2 Å². The van der Waals surface area contributed by atoms with Crippen LogP contribution in [0.15, 0.2) is 99.1 Å².